The molecule has 0 saturated carbocycles. The first kappa shape index (κ1) is 24.9. The lowest BCUT2D eigenvalue weighted by atomic mass is 9.80. The molecule has 4 nitrogen and oxygen atoms in total. The highest BCUT2D eigenvalue weighted by atomic mass is 15.1. The van der Waals surface area contributed by atoms with Crippen LogP contribution >= 0.6 is 0 Å². The monoisotopic (exact) mass is 564 g/mol. The molecule has 0 N–H and O–H groups in total. The summed E-state index contributed by atoms with van der Waals surface area (Å²) in [5.74, 6) is 0.697. The van der Waals surface area contributed by atoms with Gasteiger partial charge in [-0.3, -0.25) is 9.38 Å². The molecule has 0 amide bonds. The average Bonchev–Trinajstić information content (AvgIpc) is 3.58. The van der Waals surface area contributed by atoms with Crippen LogP contribution in [-0.2, 0) is 5.41 Å². The first-order chi connectivity index (χ1) is 21.6. The number of benzene rings is 5. The van der Waals surface area contributed by atoms with Crippen molar-refractivity contribution >= 4 is 27.3 Å². The maximum absolute atomic E-state index is 4.95. The number of pyridine rings is 1. The number of aromatic nitrogens is 4. The van der Waals surface area contributed by atoms with Crippen LogP contribution in [0, 0.1) is 0 Å². The fraction of sp³-hybridized carbons (Fsp3) is 0.0750. The topological polar surface area (TPSA) is 43.1 Å². The van der Waals surface area contributed by atoms with Crippen LogP contribution in [0.4, 0.5) is 0 Å². The van der Waals surface area contributed by atoms with Crippen LogP contribution in [0.3, 0.4) is 0 Å². The Balaban J connectivity index is 1.16. The molecule has 3 aromatic heterocycles. The minimum absolute atomic E-state index is 0.130. The first-order valence-corrected chi connectivity index (χ1v) is 15.0. The van der Waals surface area contributed by atoms with Gasteiger partial charge in [-0.15, -0.1) is 0 Å². The molecular weight excluding hydrogens is 536 g/mol. The molecule has 0 spiro atoms. The van der Waals surface area contributed by atoms with Gasteiger partial charge >= 0.3 is 0 Å². The zero-order valence-electron chi connectivity index (χ0n) is 24.5. The Bertz CT molecular complexity index is 2390. The van der Waals surface area contributed by atoms with Gasteiger partial charge in [0.25, 0.3) is 0 Å². The van der Waals surface area contributed by atoms with E-state index in [0.717, 1.165) is 28.2 Å². The smallest absolute Gasteiger partial charge is 0.234 e. The maximum Gasteiger partial charge on any atom is 0.234 e. The van der Waals surface area contributed by atoms with Gasteiger partial charge < -0.3 is 0 Å². The summed E-state index contributed by atoms with van der Waals surface area (Å²) in [5, 5.41) is 5.30. The van der Waals surface area contributed by atoms with Crippen molar-refractivity contribution in [3.63, 3.8) is 0 Å². The fourth-order valence-corrected chi connectivity index (χ4v) is 7.09. The van der Waals surface area contributed by atoms with Crippen LogP contribution in [-0.4, -0.2) is 19.4 Å². The number of hydrogen-bond donors (Lipinski definition) is 0. The summed E-state index contributed by atoms with van der Waals surface area (Å²) in [6.07, 6.45) is 5.69. The van der Waals surface area contributed by atoms with Crippen LogP contribution in [0.25, 0.3) is 72.2 Å². The number of hydrogen-bond acceptors (Lipinski definition) is 3. The summed E-state index contributed by atoms with van der Waals surface area (Å²) in [6.45, 7) is 4.71. The van der Waals surface area contributed by atoms with Crippen LogP contribution in [0.2, 0.25) is 0 Å². The summed E-state index contributed by atoms with van der Waals surface area (Å²) in [5.41, 5.74) is 11.4. The van der Waals surface area contributed by atoms with Gasteiger partial charge in [-0.05, 0) is 86.3 Å². The fourth-order valence-electron chi connectivity index (χ4n) is 7.09. The summed E-state index contributed by atoms with van der Waals surface area (Å²) < 4.78 is 2.07. The number of fused-ring (bicyclic) bond motifs is 1. The zero-order valence-corrected chi connectivity index (χ0v) is 24.5. The van der Waals surface area contributed by atoms with Gasteiger partial charge in [0.1, 0.15) is 0 Å². The molecule has 5 aromatic carbocycles. The van der Waals surface area contributed by atoms with Crippen LogP contribution in [0.15, 0.2) is 134 Å². The average molecular weight is 565 g/mol. The third-order valence-corrected chi connectivity index (χ3v) is 9.28. The van der Waals surface area contributed by atoms with E-state index in [0.29, 0.717) is 5.78 Å². The number of nitrogens with zero attached hydrogens (tertiary/aromatic N) is 4. The molecule has 0 saturated heterocycles. The van der Waals surface area contributed by atoms with Gasteiger partial charge in [0.15, 0.2) is 0 Å². The van der Waals surface area contributed by atoms with Gasteiger partial charge in [0.2, 0.25) is 5.78 Å². The van der Waals surface area contributed by atoms with E-state index in [-0.39, 0.29) is 5.41 Å². The Labute approximate surface area is 255 Å². The molecule has 0 aliphatic heterocycles. The van der Waals surface area contributed by atoms with Crippen LogP contribution in [0.1, 0.15) is 25.0 Å². The molecule has 0 unspecified atom stereocenters. The number of rotatable bonds is 4. The molecule has 0 fully saturated rings. The highest BCUT2D eigenvalue weighted by Crippen LogP contribution is 2.51. The molecule has 8 aromatic rings. The van der Waals surface area contributed by atoms with Crippen molar-refractivity contribution in [3.8, 4) is 44.9 Å². The second-order valence-corrected chi connectivity index (χ2v) is 12.2. The highest BCUT2D eigenvalue weighted by Gasteiger charge is 2.35. The quantitative estimate of drug-likeness (QED) is 0.200. The van der Waals surface area contributed by atoms with E-state index in [1.54, 1.807) is 6.20 Å². The van der Waals surface area contributed by atoms with Crippen molar-refractivity contribution in [2.45, 2.75) is 19.3 Å². The predicted octanol–water partition coefficient (Wildman–Crippen LogP) is 9.74. The van der Waals surface area contributed by atoms with Crippen molar-refractivity contribution in [2.75, 3.05) is 0 Å². The van der Waals surface area contributed by atoms with Crippen molar-refractivity contribution in [3.05, 3.63) is 145 Å². The summed E-state index contributed by atoms with van der Waals surface area (Å²) in [7, 11) is 0. The minimum Gasteiger partial charge on any atom is -0.283 e. The van der Waals surface area contributed by atoms with Gasteiger partial charge in [-0.25, -0.2) is 9.97 Å². The normalized spacial score (nSPS) is 13.4. The predicted molar refractivity (Wildman–Crippen MR) is 180 cm³/mol. The lowest BCUT2D eigenvalue weighted by Crippen LogP contribution is -2.15. The highest BCUT2D eigenvalue weighted by molar-refractivity contribution is 6.16. The van der Waals surface area contributed by atoms with Crippen LogP contribution < -0.4 is 0 Å². The van der Waals surface area contributed by atoms with Gasteiger partial charge in [0, 0.05) is 40.7 Å². The molecule has 0 bridgehead atoms. The van der Waals surface area contributed by atoms with Gasteiger partial charge in [-0.1, -0.05) is 86.6 Å². The zero-order chi connectivity index (χ0) is 29.4. The second-order valence-electron chi connectivity index (χ2n) is 12.2. The second kappa shape index (κ2) is 9.19. The van der Waals surface area contributed by atoms with Crippen molar-refractivity contribution in [1.29, 1.82) is 0 Å². The standard InChI is InChI=1S/C40H28N4/c1-40(2)32-23-30(21-28-16-17-29-22-31(34-11-6-7-18-41-34)24-33(40)36(29)35(28)32)25-12-14-26(15-13-25)37-38(27-9-4-3-5-10-27)44-20-8-19-42-39(44)43-37/h3-24H,1-2H3. The van der Waals surface area contributed by atoms with E-state index in [2.05, 4.69) is 125 Å². The molecular formula is C40H28N4. The Kier molecular flexibility index (Phi) is 5.21. The lowest BCUT2D eigenvalue weighted by molar-refractivity contribution is 0.663. The van der Waals surface area contributed by atoms with E-state index in [1.165, 1.54) is 49.4 Å². The molecule has 208 valence electrons. The van der Waals surface area contributed by atoms with Crippen molar-refractivity contribution in [1.82, 2.24) is 19.4 Å². The first-order valence-electron chi connectivity index (χ1n) is 15.0. The Hall–Kier alpha value is -5.61. The molecule has 9 rings (SSSR count). The van der Waals surface area contributed by atoms with E-state index in [4.69, 9.17) is 4.98 Å². The summed E-state index contributed by atoms with van der Waals surface area (Å²) in [6, 6.07) is 41.3. The molecule has 0 atom stereocenters. The SMILES string of the molecule is CC1(C)c2cc(-c3ccc(-c4nc5ncccn5c4-c4ccccc4)cc3)cc3ccc4cc(-c5ccccn5)cc1c4c23. The number of imidazole rings is 1. The third-order valence-electron chi connectivity index (χ3n) is 9.28. The van der Waals surface area contributed by atoms with E-state index < -0.39 is 0 Å². The lowest BCUT2D eigenvalue weighted by Gasteiger charge is -2.23. The Morgan fingerprint density at radius 3 is 1.93 bits per heavy atom. The molecule has 3 heterocycles. The van der Waals surface area contributed by atoms with E-state index >= 15 is 0 Å². The molecule has 0 radical (unpaired) electrons. The molecule has 44 heavy (non-hydrogen) atoms. The van der Waals surface area contributed by atoms with Crippen molar-refractivity contribution in [2.24, 2.45) is 0 Å². The summed E-state index contributed by atoms with van der Waals surface area (Å²) in [4.78, 5) is 14.1. The Morgan fingerprint density at radius 2 is 1.20 bits per heavy atom. The summed E-state index contributed by atoms with van der Waals surface area (Å²) >= 11 is 0. The minimum atomic E-state index is -0.130. The molecule has 1 aliphatic carbocycles. The van der Waals surface area contributed by atoms with Crippen molar-refractivity contribution < 1.29 is 0 Å². The van der Waals surface area contributed by atoms with Gasteiger partial charge in [-0.2, -0.15) is 0 Å². The van der Waals surface area contributed by atoms with Gasteiger partial charge in [0.05, 0.1) is 17.1 Å². The van der Waals surface area contributed by atoms with E-state index in [9.17, 15) is 0 Å². The maximum atomic E-state index is 4.95. The van der Waals surface area contributed by atoms with Crippen LogP contribution in [0.5, 0.6) is 0 Å². The van der Waals surface area contributed by atoms with E-state index in [1.807, 2.05) is 30.6 Å². The third kappa shape index (κ3) is 3.61. The Morgan fingerprint density at radius 1 is 0.545 bits per heavy atom. The molecule has 1 aliphatic rings. The molecule has 4 heteroatoms. The largest absolute Gasteiger partial charge is 0.283 e.